The molecule has 3 aromatic carbocycles. The van der Waals surface area contributed by atoms with Gasteiger partial charge in [-0.25, -0.2) is 0 Å². The molecule has 1 heterocycles. The predicted molar refractivity (Wildman–Crippen MR) is 102 cm³/mol. The molecule has 2 aliphatic rings. The van der Waals surface area contributed by atoms with E-state index in [4.69, 9.17) is 4.74 Å². The van der Waals surface area contributed by atoms with Gasteiger partial charge in [-0.15, -0.1) is 0 Å². The lowest BCUT2D eigenvalue weighted by molar-refractivity contribution is -0.139. The minimum Gasteiger partial charge on any atom is -0.425 e. The van der Waals surface area contributed by atoms with Crippen molar-refractivity contribution in [3.05, 3.63) is 113 Å². The van der Waals surface area contributed by atoms with Gasteiger partial charge < -0.3 is 4.74 Å². The van der Waals surface area contributed by atoms with Crippen molar-refractivity contribution in [2.45, 2.75) is 18.3 Å². The van der Waals surface area contributed by atoms with Gasteiger partial charge in [0.2, 0.25) is 0 Å². The first-order valence-corrected chi connectivity index (χ1v) is 8.96. The Morgan fingerprint density at radius 2 is 1.38 bits per heavy atom. The first kappa shape index (κ1) is 15.2. The number of hydrogen-bond donors (Lipinski definition) is 0. The lowest BCUT2D eigenvalue weighted by atomic mass is 9.78. The fourth-order valence-electron chi connectivity index (χ4n) is 4.29. The molecule has 0 saturated carbocycles. The van der Waals surface area contributed by atoms with Crippen molar-refractivity contribution in [2.75, 3.05) is 0 Å². The Bertz CT molecular complexity index is 1000. The van der Waals surface area contributed by atoms with Crippen molar-refractivity contribution in [3.63, 3.8) is 0 Å². The summed E-state index contributed by atoms with van der Waals surface area (Å²) < 4.78 is 5.93. The average Bonchev–Trinajstić information content (AvgIpc) is 3.08. The highest BCUT2D eigenvalue weighted by molar-refractivity contribution is 5.91. The molecule has 1 aliphatic heterocycles. The Balaban J connectivity index is 1.73. The molecule has 2 heteroatoms. The number of hydrogen-bond acceptors (Lipinski definition) is 2. The highest BCUT2D eigenvalue weighted by Gasteiger charge is 2.45. The summed E-state index contributed by atoms with van der Waals surface area (Å²) in [6, 6.07) is 28.4. The fourth-order valence-corrected chi connectivity index (χ4v) is 4.29. The second-order valence-electron chi connectivity index (χ2n) is 6.88. The standard InChI is InChI=1S/C24H18O2/c25-24-21(16-9-3-1-4-10-16)22-19-14-8-7-13-18(19)15-20(22)23(26-24)17-11-5-2-6-12-17/h1-14,21-22H,15H2. The van der Waals surface area contributed by atoms with Gasteiger partial charge in [-0.2, -0.15) is 0 Å². The molecule has 3 aromatic rings. The molecule has 2 nitrogen and oxygen atoms in total. The zero-order valence-electron chi connectivity index (χ0n) is 14.3. The van der Waals surface area contributed by atoms with E-state index in [1.165, 1.54) is 16.7 Å². The molecule has 0 bridgehead atoms. The van der Waals surface area contributed by atoms with E-state index in [2.05, 4.69) is 24.3 Å². The number of esters is 1. The van der Waals surface area contributed by atoms with E-state index in [0.717, 1.165) is 23.3 Å². The second-order valence-corrected chi connectivity index (χ2v) is 6.88. The van der Waals surface area contributed by atoms with E-state index >= 15 is 0 Å². The molecule has 2 atom stereocenters. The van der Waals surface area contributed by atoms with Crippen molar-refractivity contribution in [3.8, 4) is 0 Å². The normalized spacial score (nSPS) is 21.2. The smallest absolute Gasteiger partial charge is 0.319 e. The van der Waals surface area contributed by atoms with Crippen LogP contribution in [0.2, 0.25) is 0 Å². The van der Waals surface area contributed by atoms with Crippen LogP contribution in [0.25, 0.3) is 5.76 Å². The summed E-state index contributed by atoms with van der Waals surface area (Å²) in [6.07, 6.45) is 0.835. The molecule has 0 aromatic heterocycles. The monoisotopic (exact) mass is 338 g/mol. The van der Waals surface area contributed by atoms with E-state index in [9.17, 15) is 4.79 Å². The number of fused-ring (bicyclic) bond motifs is 3. The minimum absolute atomic E-state index is 0.0463. The van der Waals surface area contributed by atoms with E-state index < -0.39 is 0 Å². The number of rotatable bonds is 2. The van der Waals surface area contributed by atoms with Gasteiger partial charge in [0, 0.05) is 11.5 Å². The van der Waals surface area contributed by atoms with Crippen LogP contribution in [0.5, 0.6) is 0 Å². The van der Waals surface area contributed by atoms with Gasteiger partial charge in [-0.1, -0.05) is 84.9 Å². The molecule has 1 aliphatic carbocycles. The van der Waals surface area contributed by atoms with Crippen molar-refractivity contribution < 1.29 is 9.53 Å². The SMILES string of the molecule is O=C1OC(c2ccccc2)=C2Cc3ccccc3C2C1c1ccccc1. The Kier molecular flexibility index (Phi) is 3.49. The Morgan fingerprint density at radius 1 is 0.731 bits per heavy atom. The maximum atomic E-state index is 13.1. The lowest BCUT2D eigenvalue weighted by Crippen LogP contribution is -2.27. The van der Waals surface area contributed by atoms with E-state index in [1.54, 1.807) is 0 Å². The number of carbonyl (C=O) groups is 1. The summed E-state index contributed by atoms with van der Waals surface area (Å²) in [5.74, 6) is 0.330. The van der Waals surface area contributed by atoms with Crippen LogP contribution in [0.15, 0.2) is 90.5 Å². The van der Waals surface area contributed by atoms with Crippen LogP contribution in [-0.4, -0.2) is 5.97 Å². The number of cyclic esters (lactones) is 1. The minimum atomic E-state index is -0.290. The summed E-state index contributed by atoms with van der Waals surface area (Å²) in [4.78, 5) is 13.1. The van der Waals surface area contributed by atoms with Crippen LogP contribution in [0.3, 0.4) is 0 Å². The second kappa shape index (κ2) is 5.99. The zero-order valence-corrected chi connectivity index (χ0v) is 14.3. The summed E-state index contributed by atoms with van der Waals surface area (Å²) in [6.45, 7) is 0. The van der Waals surface area contributed by atoms with Crippen LogP contribution in [0, 0.1) is 0 Å². The van der Waals surface area contributed by atoms with Crippen LogP contribution in [0.4, 0.5) is 0 Å². The van der Waals surface area contributed by atoms with Gasteiger partial charge >= 0.3 is 5.97 Å². The van der Waals surface area contributed by atoms with Gasteiger partial charge in [0.1, 0.15) is 5.76 Å². The summed E-state index contributed by atoms with van der Waals surface area (Å²) in [5, 5.41) is 0. The van der Waals surface area contributed by atoms with Crippen molar-refractivity contribution >= 4 is 11.7 Å². The topological polar surface area (TPSA) is 26.3 Å². The molecule has 0 N–H and O–H groups in total. The Labute approximate surface area is 152 Å². The molecular weight excluding hydrogens is 320 g/mol. The highest BCUT2D eigenvalue weighted by Crippen LogP contribution is 2.52. The molecule has 0 saturated heterocycles. The maximum absolute atomic E-state index is 13.1. The number of ether oxygens (including phenoxy) is 1. The summed E-state index contributed by atoms with van der Waals surface area (Å²) in [7, 11) is 0. The molecular formula is C24H18O2. The van der Waals surface area contributed by atoms with Crippen LogP contribution >= 0.6 is 0 Å². The molecule has 2 unspecified atom stereocenters. The van der Waals surface area contributed by atoms with E-state index in [0.29, 0.717) is 0 Å². The largest absolute Gasteiger partial charge is 0.425 e. The summed E-state index contributed by atoms with van der Waals surface area (Å²) in [5.41, 5.74) is 5.75. The third-order valence-corrected chi connectivity index (χ3v) is 5.42. The molecule has 0 amide bonds. The maximum Gasteiger partial charge on any atom is 0.319 e. The quantitative estimate of drug-likeness (QED) is 0.609. The lowest BCUT2D eigenvalue weighted by Gasteiger charge is -2.31. The van der Waals surface area contributed by atoms with Crippen LogP contribution in [0.1, 0.15) is 34.1 Å². The van der Waals surface area contributed by atoms with Crippen molar-refractivity contribution in [1.82, 2.24) is 0 Å². The van der Waals surface area contributed by atoms with Gasteiger partial charge in [-0.3, -0.25) is 4.79 Å². The van der Waals surface area contributed by atoms with Crippen LogP contribution in [-0.2, 0) is 16.0 Å². The average molecular weight is 338 g/mol. The number of benzene rings is 3. The first-order chi connectivity index (χ1) is 12.8. The third kappa shape index (κ3) is 2.30. The van der Waals surface area contributed by atoms with Gasteiger partial charge in [0.05, 0.1) is 5.92 Å². The van der Waals surface area contributed by atoms with E-state index in [-0.39, 0.29) is 17.8 Å². The molecule has 0 radical (unpaired) electrons. The van der Waals surface area contributed by atoms with Gasteiger partial charge in [-0.05, 0) is 28.7 Å². The highest BCUT2D eigenvalue weighted by atomic mass is 16.5. The number of carbonyl (C=O) groups excluding carboxylic acids is 1. The van der Waals surface area contributed by atoms with Gasteiger partial charge in [0.25, 0.3) is 0 Å². The first-order valence-electron chi connectivity index (χ1n) is 8.96. The Morgan fingerprint density at radius 3 is 2.15 bits per heavy atom. The molecule has 5 rings (SSSR count). The fraction of sp³-hybridized carbons (Fsp3) is 0.125. The van der Waals surface area contributed by atoms with E-state index in [1.807, 2.05) is 60.7 Å². The molecule has 126 valence electrons. The van der Waals surface area contributed by atoms with Crippen molar-refractivity contribution in [2.24, 2.45) is 0 Å². The zero-order chi connectivity index (χ0) is 17.5. The van der Waals surface area contributed by atoms with Crippen molar-refractivity contribution in [1.29, 1.82) is 0 Å². The van der Waals surface area contributed by atoms with Crippen LogP contribution < -0.4 is 0 Å². The van der Waals surface area contributed by atoms with Gasteiger partial charge in [0.15, 0.2) is 0 Å². The molecule has 26 heavy (non-hydrogen) atoms. The number of allylic oxidation sites excluding steroid dienone is 1. The third-order valence-electron chi connectivity index (χ3n) is 5.42. The molecule has 0 spiro atoms. The molecule has 0 fully saturated rings. The summed E-state index contributed by atoms with van der Waals surface area (Å²) >= 11 is 0. The predicted octanol–water partition coefficient (Wildman–Crippen LogP) is 5.08. The Hall–Kier alpha value is -3.13.